The number of anilines is 1. The number of rotatable bonds is 10. The summed E-state index contributed by atoms with van der Waals surface area (Å²) in [6, 6.07) is 8.36. The molecule has 0 aliphatic rings. The third kappa shape index (κ3) is 8.00. The van der Waals surface area contributed by atoms with Gasteiger partial charge in [-0.3, -0.25) is 9.59 Å². The molecular weight excluding hydrogens is 471 g/mol. The summed E-state index contributed by atoms with van der Waals surface area (Å²) < 4.78 is 15.6. The van der Waals surface area contributed by atoms with Gasteiger partial charge in [0.15, 0.2) is 18.1 Å². The lowest BCUT2D eigenvalue weighted by molar-refractivity contribution is -0.143. The van der Waals surface area contributed by atoms with E-state index in [-0.39, 0.29) is 6.54 Å². The van der Waals surface area contributed by atoms with Gasteiger partial charge in [0.05, 0.1) is 25.3 Å². The van der Waals surface area contributed by atoms with Crippen LogP contribution in [-0.2, 0) is 19.1 Å². The molecule has 0 aliphatic carbocycles. The van der Waals surface area contributed by atoms with Crippen molar-refractivity contribution < 1.29 is 28.6 Å². The van der Waals surface area contributed by atoms with Gasteiger partial charge in [-0.25, -0.2) is 4.79 Å². The summed E-state index contributed by atoms with van der Waals surface area (Å²) >= 11 is 12.2. The van der Waals surface area contributed by atoms with Crippen molar-refractivity contribution in [3.05, 3.63) is 57.6 Å². The van der Waals surface area contributed by atoms with E-state index in [0.717, 1.165) is 6.08 Å². The fraction of sp³-hybridized carbons (Fsp3) is 0.261. The van der Waals surface area contributed by atoms with Gasteiger partial charge in [0.25, 0.3) is 5.91 Å². The Morgan fingerprint density at radius 2 is 1.85 bits per heavy atom. The molecule has 0 aromatic heterocycles. The van der Waals surface area contributed by atoms with Gasteiger partial charge in [-0.2, -0.15) is 0 Å². The molecule has 0 saturated carbocycles. The summed E-state index contributed by atoms with van der Waals surface area (Å²) in [6.45, 7) is 3.16. The summed E-state index contributed by atoms with van der Waals surface area (Å²) in [5, 5.41) is 5.86. The molecule has 2 amide bonds. The molecular formula is C23H24Cl2N2O6. The number of ether oxygens (including phenoxy) is 3. The van der Waals surface area contributed by atoms with Gasteiger partial charge in [0.2, 0.25) is 5.91 Å². The molecule has 8 nitrogen and oxygen atoms in total. The van der Waals surface area contributed by atoms with E-state index >= 15 is 0 Å². The minimum absolute atomic E-state index is 0.289. The fourth-order valence-corrected chi connectivity index (χ4v) is 3.13. The first-order valence-corrected chi connectivity index (χ1v) is 10.7. The van der Waals surface area contributed by atoms with Crippen LogP contribution in [0, 0.1) is 6.92 Å². The highest BCUT2D eigenvalue weighted by Crippen LogP contribution is 2.36. The Hall–Kier alpha value is -3.23. The number of methoxy groups -OCH3 is 1. The first-order chi connectivity index (χ1) is 15.7. The highest BCUT2D eigenvalue weighted by atomic mass is 35.5. The molecule has 0 heterocycles. The molecule has 0 spiro atoms. The Bertz CT molecular complexity index is 1060. The summed E-state index contributed by atoms with van der Waals surface area (Å²) in [4.78, 5) is 35.8. The minimum atomic E-state index is -0.742. The van der Waals surface area contributed by atoms with Crippen LogP contribution in [0.25, 0.3) is 6.08 Å². The molecule has 33 heavy (non-hydrogen) atoms. The van der Waals surface area contributed by atoms with Crippen LogP contribution in [-0.4, -0.2) is 44.7 Å². The first kappa shape index (κ1) is 26.0. The second-order valence-corrected chi connectivity index (χ2v) is 7.46. The zero-order chi connectivity index (χ0) is 24.4. The smallest absolute Gasteiger partial charge is 0.331 e. The number of amides is 2. The van der Waals surface area contributed by atoms with Crippen molar-refractivity contribution in [2.75, 3.05) is 32.2 Å². The molecule has 10 heteroatoms. The maximum Gasteiger partial charge on any atom is 0.331 e. The van der Waals surface area contributed by atoms with Crippen molar-refractivity contribution >= 4 is 52.7 Å². The van der Waals surface area contributed by atoms with Gasteiger partial charge in [-0.05, 0) is 55.3 Å². The third-order valence-electron chi connectivity index (χ3n) is 4.28. The molecule has 0 bridgehead atoms. The van der Waals surface area contributed by atoms with Crippen molar-refractivity contribution in [2.45, 2.75) is 13.8 Å². The van der Waals surface area contributed by atoms with Crippen LogP contribution in [0.4, 0.5) is 5.69 Å². The molecule has 176 valence electrons. The van der Waals surface area contributed by atoms with E-state index in [0.29, 0.717) is 45.0 Å². The number of halogens is 2. The number of hydrogen-bond donors (Lipinski definition) is 2. The molecule has 0 unspecified atom stereocenters. The van der Waals surface area contributed by atoms with Crippen LogP contribution in [0.5, 0.6) is 11.5 Å². The first-order valence-electron chi connectivity index (χ1n) is 9.92. The topological polar surface area (TPSA) is 103 Å². The van der Waals surface area contributed by atoms with Gasteiger partial charge in [0.1, 0.15) is 0 Å². The van der Waals surface area contributed by atoms with Crippen molar-refractivity contribution in [3.8, 4) is 11.5 Å². The maximum atomic E-state index is 12.0. The predicted molar refractivity (Wildman–Crippen MR) is 127 cm³/mol. The third-order valence-corrected chi connectivity index (χ3v) is 4.97. The van der Waals surface area contributed by atoms with Crippen LogP contribution in [0.3, 0.4) is 0 Å². The number of carbonyl (C=O) groups is 3. The van der Waals surface area contributed by atoms with Crippen molar-refractivity contribution in [1.29, 1.82) is 0 Å². The molecule has 2 aromatic carbocycles. The van der Waals surface area contributed by atoms with Crippen LogP contribution in [0.1, 0.15) is 18.1 Å². The number of benzene rings is 2. The number of carbonyl (C=O) groups excluding carboxylic acids is 3. The normalized spacial score (nSPS) is 10.6. The van der Waals surface area contributed by atoms with Gasteiger partial charge in [-0.15, -0.1) is 0 Å². The zero-order valence-corrected chi connectivity index (χ0v) is 19.9. The van der Waals surface area contributed by atoms with Crippen LogP contribution < -0.4 is 20.1 Å². The van der Waals surface area contributed by atoms with E-state index in [9.17, 15) is 14.4 Å². The fourth-order valence-electron chi connectivity index (χ4n) is 2.66. The van der Waals surface area contributed by atoms with E-state index in [1.165, 1.54) is 13.2 Å². The lowest BCUT2D eigenvalue weighted by atomic mass is 10.2. The monoisotopic (exact) mass is 494 g/mol. The maximum absolute atomic E-state index is 12.0. The Balaban J connectivity index is 1.82. The second-order valence-electron chi connectivity index (χ2n) is 6.65. The molecule has 0 atom stereocenters. The van der Waals surface area contributed by atoms with E-state index in [2.05, 4.69) is 10.6 Å². The molecule has 2 rings (SSSR count). The zero-order valence-electron chi connectivity index (χ0n) is 18.4. The van der Waals surface area contributed by atoms with Gasteiger partial charge >= 0.3 is 5.97 Å². The summed E-state index contributed by atoms with van der Waals surface area (Å²) in [7, 11) is 1.48. The number of esters is 1. The van der Waals surface area contributed by atoms with Gasteiger partial charge < -0.3 is 24.8 Å². The average molecular weight is 495 g/mol. The van der Waals surface area contributed by atoms with Crippen molar-refractivity contribution in [1.82, 2.24) is 5.32 Å². The highest BCUT2D eigenvalue weighted by Gasteiger charge is 2.12. The summed E-state index contributed by atoms with van der Waals surface area (Å²) in [6.07, 6.45) is 2.62. The van der Waals surface area contributed by atoms with Crippen LogP contribution >= 0.6 is 23.2 Å². The van der Waals surface area contributed by atoms with Crippen molar-refractivity contribution in [2.24, 2.45) is 0 Å². The molecule has 0 saturated heterocycles. The largest absolute Gasteiger partial charge is 0.491 e. The lowest BCUT2D eigenvalue weighted by Gasteiger charge is -2.11. The lowest BCUT2D eigenvalue weighted by Crippen LogP contribution is -2.35. The molecule has 0 radical (unpaired) electrons. The van der Waals surface area contributed by atoms with Crippen molar-refractivity contribution in [3.63, 3.8) is 0 Å². The van der Waals surface area contributed by atoms with E-state index in [4.69, 9.17) is 37.4 Å². The molecule has 0 fully saturated rings. The Morgan fingerprint density at radius 3 is 2.55 bits per heavy atom. The molecule has 0 aliphatic heterocycles. The quantitative estimate of drug-likeness (QED) is 0.381. The summed E-state index contributed by atoms with van der Waals surface area (Å²) in [5.74, 6) is -0.980. The van der Waals surface area contributed by atoms with Crippen LogP contribution in [0.15, 0.2) is 36.4 Å². The second kappa shape index (κ2) is 12.7. The molecule has 2 N–H and O–H groups in total. The Morgan fingerprint density at radius 1 is 1.09 bits per heavy atom. The Labute approximate surface area is 201 Å². The summed E-state index contributed by atoms with van der Waals surface area (Å²) in [5.41, 5.74) is 1.84. The van der Waals surface area contributed by atoms with E-state index in [1.807, 2.05) is 6.92 Å². The van der Waals surface area contributed by atoms with E-state index in [1.54, 1.807) is 37.3 Å². The van der Waals surface area contributed by atoms with Gasteiger partial charge in [-0.1, -0.05) is 29.3 Å². The van der Waals surface area contributed by atoms with Gasteiger partial charge in [0, 0.05) is 16.8 Å². The Kier molecular flexibility index (Phi) is 10.0. The predicted octanol–water partition coefficient (Wildman–Crippen LogP) is 4.02. The average Bonchev–Trinajstić information content (AvgIpc) is 2.78. The SMILES string of the molecule is CCOc1cc(/C=C/C(=O)OCC(=O)NCC(=O)Nc2cccc(Cl)c2C)cc(Cl)c1OC. The highest BCUT2D eigenvalue weighted by molar-refractivity contribution is 6.32. The van der Waals surface area contributed by atoms with E-state index < -0.39 is 24.4 Å². The molecule has 2 aromatic rings. The standard InChI is InChI=1S/C23H24Cl2N2O6/c1-4-32-19-11-15(10-17(25)23(19)31-3)8-9-22(30)33-13-21(29)26-12-20(28)27-18-7-5-6-16(24)14(18)2/h5-11H,4,12-13H2,1-3H3,(H,26,29)(H,27,28)/b9-8+. The van der Waals surface area contributed by atoms with Crippen LogP contribution in [0.2, 0.25) is 10.0 Å². The minimum Gasteiger partial charge on any atom is -0.491 e. The number of hydrogen-bond acceptors (Lipinski definition) is 6. The number of nitrogens with one attached hydrogen (secondary N) is 2.